The summed E-state index contributed by atoms with van der Waals surface area (Å²) in [4.78, 5) is 41.0. The molecule has 1 aliphatic rings. The number of carbonyl (C=O) groups is 2. The van der Waals surface area contributed by atoms with Gasteiger partial charge in [-0.25, -0.2) is 14.5 Å². The first-order valence-corrected chi connectivity index (χ1v) is 10.3. The SMILES string of the molecule is O=C(Cn1nc2n(c1=O)CCCCC2)Nc1ccc(C(=O)Nc2nccs2)cc1. The van der Waals surface area contributed by atoms with Gasteiger partial charge in [-0.3, -0.25) is 19.5 Å². The molecule has 2 amide bonds. The Labute approximate surface area is 170 Å². The lowest BCUT2D eigenvalue weighted by atomic mass is 10.2. The van der Waals surface area contributed by atoms with Gasteiger partial charge in [-0.05, 0) is 37.1 Å². The van der Waals surface area contributed by atoms with Crippen LogP contribution in [0.3, 0.4) is 0 Å². The average Bonchev–Trinajstić information content (AvgIpc) is 3.24. The van der Waals surface area contributed by atoms with Crippen molar-refractivity contribution in [2.24, 2.45) is 0 Å². The lowest BCUT2D eigenvalue weighted by Crippen LogP contribution is -2.30. The number of carbonyl (C=O) groups excluding carboxylic acids is 2. The molecule has 0 unspecified atom stereocenters. The van der Waals surface area contributed by atoms with Crippen LogP contribution in [-0.4, -0.2) is 31.1 Å². The van der Waals surface area contributed by atoms with E-state index in [1.54, 1.807) is 40.4 Å². The van der Waals surface area contributed by atoms with Gasteiger partial charge >= 0.3 is 5.69 Å². The molecule has 0 bridgehead atoms. The van der Waals surface area contributed by atoms with Crippen LogP contribution >= 0.6 is 11.3 Å². The number of aromatic nitrogens is 4. The van der Waals surface area contributed by atoms with Gasteiger partial charge < -0.3 is 5.32 Å². The summed E-state index contributed by atoms with van der Waals surface area (Å²) in [6.07, 6.45) is 5.41. The number of amides is 2. The van der Waals surface area contributed by atoms with Gasteiger partial charge in [0, 0.05) is 35.8 Å². The van der Waals surface area contributed by atoms with Gasteiger partial charge in [0.25, 0.3) is 5.91 Å². The molecule has 1 aromatic carbocycles. The van der Waals surface area contributed by atoms with Crippen LogP contribution in [-0.2, 0) is 24.3 Å². The Kier molecular flexibility index (Phi) is 5.52. The number of hydrogen-bond acceptors (Lipinski definition) is 6. The fourth-order valence-electron chi connectivity index (χ4n) is 3.22. The second-order valence-corrected chi connectivity index (χ2v) is 7.63. The van der Waals surface area contributed by atoms with E-state index in [4.69, 9.17) is 0 Å². The van der Waals surface area contributed by atoms with Crippen molar-refractivity contribution < 1.29 is 9.59 Å². The highest BCUT2D eigenvalue weighted by atomic mass is 32.1. The maximum Gasteiger partial charge on any atom is 0.346 e. The van der Waals surface area contributed by atoms with Crippen LogP contribution in [0.25, 0.3) is 0 Å². The molecule has 4 rings (SSSR count). The van der Waals surface area contributed by atoms with Gasteiger partial charge in [0.1, 0.15) is 12.4 Å². The third-order valence-corrected chi connectivity index (χ3v) is 5.35. The summed E-state index contributed by atoms with van der Waals surface area (Å²) in [5.41, 5.74) is 0.744. The van der Waals surface area contributed by atoms with E-state index in [-0.39, 0.29) is 24.0 Å². The van der Waals surface area contributed by atoms with Crippen LogP contribution in [0.5, 0.6) is 0 Å². The maximum atomic E-state index is 12.4. The molecule has 2 N–H and O–H groups in total. The highest BCUT2D eigenvalue weighted by Crippen LogP contribution is 2.15. The largest absolute Gasteiger partial charge is 0.346 e. The molecule has 3 aromatic rings. The van der Waals surface area contributed by atoms with E-state index in [0.29, 0.717) is 22.9 Å². The summed E-state index contributed by atoms with van der Waals surface area (Å²) < 4.78 is 2.88. The molecule has 2 aromatic heterocycles. The first-order valence-electron chi connectivity index (χ1n) is 9.37. The second-order valence-electron chi connectivity index (χ2n) is 6.74. The molecule has 3 heterocycles. The van der Waals surface area contributed by atoms with Crippen LogP contribution in [0.15, 0.2) is 40.6 Å². The van der Waals surface area contributed by atoms with Crippen molar-refractivity contribution in [1.29, 1.82) is 0 Å². The minimum Gasteiger partial charge on any atom is -0.324 e. The van der Waals surface area contributed by atoms with E-state index >= 15 is 0 Å². The first kappa shape index (κ1) is 19.1. The number of rotatable bonds is 5. The Hall–Kier alpha value is -3.27. The van der Waals surface area contributed by atoms with Gasteiger partial charge in [-0.1, -0.05) is 6.42 Å². The Morgan fingerprint density at radius 2 is 1.93 bits per heavy atom. The predicted molar refractivity (Wildman–Crippen MR) is 109 cm³/mol. The van der Waals surface area contributed by atoms with Crippen molar-refractivity contribution in [2.45, 2.75) is 38.8 Å². The van der Waals surface area contributed by atoms with E-state index in [2.05, 4.69) is 20.7 Å². The first-order chi connectivity index (χ1) is 14.1. The number of nitrogens with one attached hydrogen (secondary N) is 2. The lowest BCUT2D eigenvalue weighted by Gasteiger charge is -2.06. The molecule has 29 heavy (non-hydrogen) atoms. The summed E-state index contributed by atoms with van der Waals surface area (Å²) >= 11 is 1.33. The number of fused-ring (bicyclic) bond motifs is 1. The van der Waals surface area contributed by atoms with Gasteiger partial charge in [0.15, 0.2) is 5.13 Å². The van der Waals surface area contributed by atoms with Gasteiger partial charge in [0.2, 0.25) is 5.91 Å². The molecule has 0 atom stereocenters. The average molecular weight is 412 g/mol. The minimum atomic E-state index is -0.347. The lowest BCUT2D eigenvalue weighted by molar-refractivity contribution is -0.117. The molecule has 0 radical (unpaired) electrons. The van der Waals surface area contributed by atoms with Gasteiger partial charge in [-0.2, -0.15) is 5.10 Å². The van der Waals surface area contributed by atoms with Crippen LogP contribution in [0.1, 0.15) is 35.4 Å². The van der Waals surface area contributed by atoms with Gasteiger partial charge in [0.05, 0.1) is 0 Å². The van der Waals surface area contributed by atoms with Crippen LogP contribution < -0.4 is 16.3 Å². The van der Waals surface area contributed by atoms with E-state index in [9.17, 15) is 14.4 Å². The zero-order valence-electron chi connectivity index (χ0n) is 15.6. The Morgan fingerprint density at radius 3 is 2.69 bits per heavy atom. The van der Waals surface area contributed by atoms with Crippen molar-refractivity contribution in [3.63, 3.8) is 0 Å². The highest BCUT2D eigenvalue weighted by Gasteiger charge is 2.17. The number of benzene rings is 1. The highest BCUT2D eigenvalue weighted by molar-refractivity contribution is 7.13. The Morgan fingerprint density at radius 1 is 1.10 bits per heavy atom. The summed E-state index contributed by atoms with van der Waals surface area (Å²) in [7, 11) is 0. The fraction of sp³-hybridized carbons (Fsp3) is 0.316. The molecule has 1 aliphatic heterocycles. The molecule has 0 saturated carbocycles. The van der Waals surface area contributed by atoms with Crippen molar-refractivity contribution in [3.05, 3.63) is 57.7 Å². The van der Waals surface area contributed by atoms with Crippen molar-refractivity contribution in [3.8, 4) is 0 Å². The second kappa shape index (κ2) is 8.39. The monoisotopic (exact) mass is 412 g/mol. The van der Waals surface area contributed by atoms with Crippen LogP contribution in [0.4, 0.5) is 10.8 Å². The number of thiazole rings is 1. The number of aryl methyl sites for hydroxylation is 1. The fourth-order valence-corrected chi connectivity index (χ4v) is 3.75. The third-order valence-electron chi connectivity index (χ3n) is 4.66. The summed E-state index contributed by atoms with van der Waals surface area (Å²) in [5.74, 6) is 0.125. The standard InChI is InChI=1S/C19H20N6O3S/c26-16(12-25-19(28)24-10-3-1-2-4-15(24)23-25)21-14-7-5-13(6-8-14)17(27)22-18-20-9-11-29-18/h5-9,11H,1-4,10,12H2,(H,21,26)(H,20,22,27). The quantitative estimate of drug-likeness (QED) is 0.667. The van der Waals surface area contributed by atoms with Gasteiger partial charge in [-0.15, -0.1) is 11.3 Å². The smallest absolute Gasteiger partial charge is 0.324 e. The Balaban J connectivity index is 1.37. The molecular formula is C19H20N6O3S. The molecule has 0 aliphatic carbocycles. The van der Waals surface area contributed by atoms with E-state index in [0.717, 1.165) is 31.5 Å². The number of anilines is 2. The molecule has 9 nitrogen and oxygen atoms in total. The summed E-state index contributed by atoms with van der Waals surface area (Å²) in [6, 6.07) is 6.51. The molecular weight excluding hydrogens is 392 g/mol. The predicted octanol–water partition coefficient (Wildman–Crippen LogP) is 2.12. The topological polar surface area (TPSA) is 111 Å². The van der Waals surface area contributed by atoms with Crippen LogP contribution in [0.2, 0.25) is 0 Å². The number of hydrogen-bond donors (Lipinski definition) is 2. The molecule has 0 saturated heterocycles. The number of nitrogens with zero attached hydrogens (tertiary/aromatic N) is 4. The normalized spacial score (nSPS) is 13.4. The zero-order valence-corrected chi connectivity index (χ0v) is 16.4. The summed E-state index contributed by atoms with van der Waals surface area (Å²) in [5, 5.41) is 12.0. The molecule has 150 valence electrons. The van der Waals surface area contributed by atoms with E-state index in [1.807, 2.05) is 0 Å². The zero-order chi connectivity index (χ0) is 20.2. The Bertz CT molecular complexity index is 1070. The van der Waals surface area contributed by atoms with Crippen molar-refractivity contribution >= 4 is 34.0 Å². The van der Waals surface area contributed by atoms with E-state index < -0.39 is 0 Å². The summed E-state index contributed by atoms with van der Waals surface area (Å²) in [6.45, 7) is 0.505. The van der Waals surface area contributed by atoms with Crippen molar-refractivity contribution in [2.75, 3.05) is 10.6 Å². The maximum absolute atomic E-state index is 12.4. The molecule has 0 spiro atoms. The van der Waals surface area contributed by atoms with E-state index in [1.165, 1.54) is 16.0 Å². The van der Waals surface area contributed by atoms with Crippen LogP contribution in [0, 0.1) is 0 Å². The third kappa shape index (κ3) is 4.43. The molecule has 10 heteroatoms. The van der Waals surface area contributed by atoms with Crippen molar-refractivity contribution in [1.82, 2.24) is 19.3 Å². The molecule has 0 fully saturated rings. The minimum absolute atomic E-state index is 0.148.